The van der Waals surface area contributed by atoms with Crippen molar-refractivity contribution in [3.05, 3.63) is 42.0 Å². The summed E-state index contributed by atoms with van der Waals surface area (Å²) >= 11 is 0. The molecule has 126 valence electrons. The number of nitrogens with zero attached hydrogens (tertiary/aromatic N) is 3. The van der Waals surface area contributed by atoms with E-state index in [1.165, 1.54) is 0 Å². The van der Waals surface area contributed by atoms with Gasteiger partial charge in [0.15, 0.2) is 5.82 Å². The summed E-state index contributed by atoms with van der Waals surface area (Å²) in [6.45, 7) is 7.02. The molecule has 6 nitrogen and oxygen atoms in total. The van der Waals surface area contributed by atoms with Crippen LogP contribution in [0.15, 0.2) is 36.4 Å². The summed E-state index contributed by atoms with van der Waals surface area (Å²) in [6.07, 6.45) is 0. The summed E-state index contributed by atoms with van der Waals surface area (Å²) in [5.74, 6) is 0.806. The van der Waals surface area contributed by atoms with Gasteiger partial charge < -0.3 is 15.0 Å². The number of nitrogens with one attached hydrogen (secondary N) is 1. The Hall–Kier alpha value is -2.47. The number of amides is 1. The molecule has 2 aromatic rings. The van der Waals surface area contributed by atoms with Crippen molar-refractivity contribution in [2.75, 3.05) is 31.2 Å². The molecule has 1 aromatic carbocycles. The second-order valence-electron chi connectivity index (χ2n) is 6.08. The van der Waals surface area contributed by atoms with Gasteiger partial charge in [-0.3, -0.25) is 4.79 Å². The maximum atomic E-state index is 12.0. The first-order valence-electron chi connectivity index (χ1n) is 8.21. The number of anilines is 1. The summed E-state index contributed by atoms with van der Waals surface area (Å²) in [7, 11) is 0. The smallest absolute Gasteiger partial charge is 0.251 e. The second kappa shape index (κ2) is 7.40. The first-order valence-corrected chi connectivity index (χ1v) is 8.21. The number of morpholine rings is 1. The maximum Gasteiger partial charge on any atom is 0.251 e. The Kier molecular flexibility index (Phi) is 5.05. The minimum atomic E-state index is -0.0645. The summed E-state index contributed by atoms with van der Waals surface area (Å²) in [5, 5.41) is 11.5. The Morgan fingerprint density at radius 3 is 2.38 bits per heavy atom. The van der Waals surface area contributed by atoms with Gasteiger partial charge in [-0.25, -0.2) is 0 Å². The predicted molar refractivity (Wildman–Crippen MR) is 93.1 cm³/mol. The lowest BCUT2D eigenvalue weighted by molar-refractivity contribution is 0.0943. The molecule has 6 heteroatoms. The molecule has 0 spiro atoms. The lowest BCUT2D eigenvalue weighted by atomic mass is 10.1. The van der Waals surface area contributed by atoms with Crippen molar-refractivity contribution in [1.82, 2.24) is 15.5 Å². The quantitative estimate of drug-likeness (QED) is 0.932. The van der Waals surface area contributed by atoms with Gasteiger partial charge >= 0.3 is 0 Å². The van der Waals surface area contributed by atoms with E-state index in [0.717, 1.165) is 43.4 Å². The van der Waals surface area contributed by atoms with Crippen LogP contribution in [0.25, 0.3) is 11.3 Å². The van der Waals surface area contributed by atoms with Crippen molar-refractivity contribution in [2.45, 2.75) is 19.9 Å². The van der Waals surface area contributed by atoms with Crippen molar-refractivity contribution in [3.63, 3.8) is 0 Å². The molecule has 0 unspecified atom stereocenters. The number of carbonyl (C=O) groups is 1. The molecule has 1 saturated heterocycles. The van der Waals surface area contributed by atoms with Crippen LogP contribution in [0.2, 0.25) is 0 Å². The minimum absolute atomic E-state index is 0.0645. The third-order valence-electron chi connectivity index (χ3n) is 3.85. The highest BCUT2D eigenvalue weighted by molar-refractivity contribution is 5.94. The SMILES string of the molecule is CC(C)NC(=O)c1ccc(-c2ccc(N3CCOCC3)nn2)cc1. The molecular formula is C18H22N4O2. The van der Waals surface area contributed by atoms with Crippen LogP contribution in [0.3, 0.4) is 0 Å². The fraction of sp³-hybridized carbons (Fsp3) is 0.389. The van der Waals surface area contributed by atoms with Crippen molar-refractivity contribution in [1.29, 1.82) is 0 Å². The normalized spacial score (nSPS) is 14.7. The van der Waals surface area contributed by atoms with E-state index in [2.05, 4.69) is 20.4 Å². The van der Waals surface area contributed by atoms with Gasteiger partial charge in [0.1, 0.15) is 0 Å². The molecule has 24 heavy (non-hydrogen) atoms. The van der Waals surface area contributed by atoms with Gasteiger partial charge in [-0.05, 0) is 38.1 Å². The Morgan fingerprint density at radius 2 is 1.79 bits per heavy atom. The standard InChI is InChI=1S/C18H22N4O2/c1-13(2)19-18(23)15-5-3-14(4-6-15)16-7-8-17(21-20-16)22-9-11-24-12-10-22/h3-8,13H,9-12H2,1-2H3,(H,19,23). The molecule has 3 rings (SSSR count). The fourth-order valence-corrected chi connectivity index (χ4v) is 2.58. The van der Waals surface area contributed by atoms with Crippen LogP contribution in [0.1, 0.15) is 24.2 Å². The van der Waals surface area contributed by atoms with Crippen molar-refractivity contribution in [2.24, 2.45) is 0 Å². The zero-order chi connectivity index (χ0) is 16.9. The van der Waals surface area contributed by atoms with Crippen molar-refractivity contribution in [3.8, 4) is 11.3 Å². The molecule has 1 N–H and O–H groups in total. The summed E-state index contributed by atoms with van der Waals surface area (Å²) in [6, 6.07) is 11.5. The largest absolute Gasteiger partial charge is 0.378 e. The Balaban J connectivity index is 1.71. The van der Waals surface area contributed by atoms with Crippen LogP contribution >= 0.6 is 0 Å². The van der Waals surface area contributed by atoms with Crippen LogP contribution in [0.4, 0.5) is 5.82 Å². The van der Waals surface area contributed by atoms with E-state index in [1.54, 1.807) is 0 Å². The molecule has 2 heterocycles. The Morgan fingerprint density at radius 1 is 1.08 bits per heavy atom. The summed E-state index contributed by atoms with van der Waals surface area (Å²) < 4.78 is 5.35. The molecular weight excluding hydrogens is 304 g/mol. The highest BCUT2D eigenvalue weighted by Gasteiger charge is 2.13. The van der Waals surface area contributed by atoms with E-state index in [-0.39, 0.29) is 11.9 Å². The minimum Gasteiger partial charge on any atom is -0.378 e. The average molecular weight is 326 g/mol. The summed E-state index contributed by atoms with van der Waals surface area (Å²) in [4.78, 5) is 14.1. The van der Waals surface area contributed by atoms with Crippen LogP contribution in [0, 0.1) is 0 Å². The molecule has 0 bridgehead atoms. The first kappa shape index (κ1) is 16.4. The number of ether oxygens (including phenoxy) is 1. The summed E-state index contributed by atoms with van der Waals surface area (Å²) in [5.41, 5.74) is 2.38. The number of benzene rings is 1. The highest BCUT2D eigenvalue weighted by atomic mass is 16.5. The van der Waals surface area contributed by atoms with Crippen LogP contribution in [0.5, 0.6) is 0 Å². The van der Waals surface area contributed by atoms with Gasteiger partial charge in [-0.15, -0.1) is 10.2 Å². The molecule has 1 fully saturated rings. The molecule has 0 saturated carbocycles. The molecule has 1 amide bonds. The molecule has 0 atom stereocenters. The highest BCUT2D eigenvalue weighted by Crippen LogP contribution is 2.19. The van der Waals surface area contributed by atoms with Crippen LogP contribution in [-0.2, 0) is 4.74 Å². The molecule has 0 aliphatic carbocycles. The van der Waals surface area contributed by atoms with E-state index >= 15 is 0 Å². The van der Waals surface area contributed by atoms with Gasteiger partial charge in [-0.2, -0.15) is 0 Å². The van der Waals surface area contributed by atoms with Gasteiger partial charge in [0.25, 0.3) is 5.91 Å². The zero-order valence-corrected chi connectivity index (χ0v) is 14.0. The van der Waals surface area contributed by atoms with Gasteiger partial charge in [0, 0.05) is 30.3 Å². The number of rotatable bonds is 4. The van der Waals surface area contributed by atoms with Gasteiger partial charge in [0.2, 0.25) is 0 Å². The number of hydrogen-bond acceptors (Lipinski definition) is 5. The van der Waals surface area contributed by atoms with E-state index < -0.39 is 0 Å². The van der Waals surface area contributed by atoms with E-state index in [4.69, 9.17) is 4.74 Å². The zero-order valence-electron chi connectivity index (χ0n) is 14.0. The second-order valence-corrected chi connectivity index (χ2v) is 6.08. The maximum absolute atomic E-state index is 12.0. The van der Waals surface area contributed by atoms with Gasteiger partial charge in [0.05, 0.1) is 18.9 Å². The molecule has 1 aliphatic heterocycles. The lowest BCUT2D eigenvalue weighted by Crippen LogP contribution is -2.36. The third-order valence-corrected chi connectivity index (χ3v) is 3.85. The fourth-order valence-electron chi connectivity index (χ4n) is 2.58. The molecule has 1 aliphatic rings. The van der Waals surface area contributed by atoms with E-state index in [1.807, 2.05) is 50.2 Å². The lowest BCUT2D eigenvalue weighted by Gasteiger charge is -2.27. The number of carbonyl (C=O) groups excluding carboxylic acids is 1. The predicted octanol–water partition coefficient (Wildman–Crippen LogP) is 2.12. The topological polar surface area (TPSA) is 67.4 Å². The molecule has 1 aromatic heterocycles. The van der Waals surface area contributed by atoms with E-state index in [0.29, 0.717) is 5.56 Å². The van der Waals surface area contributed by atoms with Crippen LogP contribution < -0.4 is 10.2 Å². The van der Waals surface area contributed by atoms with Crippen LogP contribution in [-0.4, -0.2) is 48.4 Å². The third kappa shape index (κ3) is 3.89. The monoisotopic (exact) mass is 326 g/mol. The Labute approximate surface area is 141 Å². The van der Waals surface area contributed by atoms with Crippen molar-refractivity contribution < 1.29 is 9.53 Å². The van der Waals surface area contributed by atoms with E-state index in [9.17, 15) is 4.79 Å². The number of hydrogen-bond donors (Lipinski definition) is 1. The van der Waals surface area contributed by atoms with Crippen molar-refractivity contribution >= 4 is 11.7 Å². The number of aromatic nitrogens is 2. The molecule has 0 radical (unpaired) electrons. The average Bonchev–Trinajstić information content (AvgIpc) is 2.62. The Bertz CT molecular complexity index is 677. The first-order chi connectivity index (χ1) is 11.6. The van der Waals surface area contributed by atoms with Gasteiger partial charge in [-0.1, -0.05) is 12.1 Å².